The number of hydrogen-bond acceptors (Lipinski definition) is 7. The number of ether oxygens (including phenoxy) is 2. The first-order chi connectivity index (χ1) is 18.1. The molecule has 11 heteroatoms. The van der Waals surface area contributed by atoms with E-state index >= 15 is 0 Å². The number of halogens is 4. The van der Waals surface area contributed by atoms with Crippen LogP contribution in [-0.4, -0.2) is 35.7 Å². The maximum Gasteiger partial charge on any atom is 0.416 e. The summed E-state index contributed by atoms with van der Waals surface area (Å²) in [7, 11) is 3.26. The molecule has 7 nitrogen and oxygen atoms in total. The van der Waals surface area contributed by atoms with Crippen LogP contribution in [0, 0.1) is 6.92 Å². The summed E-state index contributed by atoms with van der Waals surface area (Å²) in [6, 6.07) is 12.5. The number of benzene rings is 2. The van der Waals surface area contributed by atoms with Gasteiger partial charge in [-0.15, -0.1) is 0 Å². The molecular formula is C27H23ClF3N5O2. The van der Waals surface area contributed by atoms with E-state index in [4.69, 9.17) is 21.1 Å². The number of aryl methyl sites for hydroxylation is 1. The summed E-state index contributed by atoms with van der Waals surface area (Å²) in [4.78, 5) is 14.7. The van der Waals surface area contributed by atoms with Gasteiger partial charge in [0.2, 0.25) is 5.95 Å². The molecule has 3 heterocycles. The van der Waals surface area contributed by atoms with Crippen molar-refractivity contribution in [2.45, 2.75) is 19.1 Å². The van der Waals surface area contributed by atoms with Crippen LogP contribution in [0.15, 0.2) is 60.9 Å². The average molecular weight is 542 g/mol. The predicted octanol–water partition coefficient (Wildman–Crippen LogP) is 6.84. The molecule has 0 spiro atoms. The third-order valence-electron chi connectivity index (χ3n) is 6.28. The van der Waals surface area contributed by atoms with E-state index in [0.29, 0.717) is 23.0 Å². The first-order valence-corrected chi connectivity index (χ1v) is 12.0. The Bertz CT molecular complexity index is 1500. The van der Waals surface area contributed by atoms with Crippen LogP contribution < -0.4 is 19.7 Å². The highest BCUT2D eigenvalue weighted by Crippen LogP contribution is 2.42. The minimum atomic E-state index is -4.57. The fraction of sp³-hybridized carbons (Fsp3) is 0.222. The summed E-state index contributed by atoms with van der Waals surface area (Å²) in [6.45, 7) is 1.92. The van der Waals surface area contributed by atoms with E-state index < -0.39 is 17.8 Å². The minimum Gasteiger partial charge on any atom is -0.496 e. The topological polar surface area (TPSA) is 72.4 Å². The van der Waals surface area contributed by atoms with E-state index in [1.807, 2.05) is 37.3 Å². The van der Waals surface area contributed by atoms with Crippen molar-refractivity contribution in [2.75, 3.05) is 31.0 Å². The van der Waals surface area contributed by atoms with Crippen molar-refractivity contribution in [2.24, 2.45) is 0 Å². The molecule has 1 aliphatic rings. The van der Waals surface area contributed by atoms with Gasteiger partial charge in [0.25, 0.3) is 0 Å². The SMILES string of the molecule is COc1cc(Nc2ncc3c(n2)N(C)C(c2ccc(Cl)cc2C(F)(F)F)CO3)ccc1-c1ccnc(C)c1. The maximum absolute atomic E-state index is 13.8. The number of methoxy groups -OCH3 is 1. The summed E-state index contributed by atoms with van der Waals surface area (Å²) in [5.74, 6) is 1.62. The third kappa shape index (κ3) is 5.04. The summed E-state index contributed by atoms with van der Waals surface area (Å²) in [5, 5.41) is 3.15. The Hall–Kier alpha value is -4.05. The van der Waals surface area contributed by atoms with Crippen molar-refractivity contribution in [1.82, 2.24) is 15.0 Å². The first-order valence-electron chi connectivity index (χ1n) is 11.6. The van der Waals surface area contributed by atoms with Gasteiger partial charge in [0.1, 0.15) is 12.4 Å². The van der Waals surface area contributed by atoms with Crippen LogP contribution in [0.5, 0.6) is 11.5 Å². The lowest BCUT2D eigenvalue weighted by Crippen LogP contribution is -2.35. The van der Waals surface area contributed by atoms with Gasteiger partial charge < -0.3 is 19.7 Å². The standard InChI is InChI=1S/C27H23ClF3N5O2/c1-15-10-16(8-9-32-15)19-7-5-18(12-23(19)37-3)34-26-33-13-24-25(35-26)36(2)22(14-38-24)20-6-4-17(28)11-21(20)27(29,30)31/h4-13,22H,14H2,1-3H3,(H,33,34,35). The number of rotatable bonds is 5. The van der Waals surface area contributed by atoms with Crippen molar-refractivity contribution < 1.29 is 22.6 Å². The molecule has 0 fully saturated rings. The molecule has 0 radical (unpaired) electrons. The fourth-order valence-electron chi connectivity index (χ4n) is 4.42. The predicted molar refractivity (Wildman–Crippen MR) is 139 cm³/mol. The molecule has 0 bridgehead atoms. The van der Waals surface area contributed by atoms with E-state index in [-0.39, 0.29) is 23.1 Å². The molecule has 0 saturated carbocycles. The van der Waals surface area contributed by atoms with Crippen molar-refractivity contribution in [3.05, 3.63) is 82.8 Å². The number of fused-ring (bicyclic) bond motifs is 1. The van der Waals surface area contributed by atoms with Gasteiger partial charge in [-0.1, -0.05) is 17.7 Å². The summed E-state index contributed by atoms with van der Waals surface area (Å²) < 4.78 is 52.7. The number of nitrogens with zero attached hydrogens (tertiary/aromatic N) is 4. The molecule has 2 aromatic heterocycles. The molecule has 0 saturated heterocycles. The number of likely N-dealkylation sites (N-methyl/N-ethyl adjacent to an activating group) is 1. The second-order valence-electron chi connectivity index (χ2n) is 8.77. The van der Waals surface area contributed by atoms with Crippen LogP contribution >= 0.6 is 11.6 Å². The van der Waals surface area contributed by atoms with E-state index in [1.54, 1.807) is 25.3 Å². The summed E-state index contributed by atoms with van der Waals surface area (Å²) in [5.41, 5.74) is 2.67. The smallest absolute Gasteiger partial charge is 0.416 e. The Morgan fingerprint density at radius 2 is 1.92 bits per heavy atom. The Morgan fingerprint density at radius 1 is 1.11 bits per heavy atom. The molecule has 196 valence electrons. The first kappa shape index (κ1) is 25.6. The molecule has 5 rings (SSSR count). The van der Waals surface area contributed by atoms with Gasteiger partial charge in [-0.25, -0.2) is 4.98 Å². The minimum absolute atomic E-state index is 0.00249. The van der Waals surface area contributed by atoms with E-state index in [2.05, 4.69) is 20.3 Å². The average Bonchev–Trinajstić information content (AvgIpc) is 2.89. The van der Waals surface area contributed by atoms with Gasteiger partial charge in [-0.2, -0.15) is 18.2 Å². The molecule has 1 atom stereocenters. The number of anilines is 3. The third-order valence-corrected chi connectivity index (χ3v) is 6.51. The van der Waals surface area contributed by atoms with Crippen molar-refractivity contribution in [3.63, 3.8) is 0 Å². The largest absolute Gasteiger partial charge is 0.496 e. The van der Waals surface area contributed by atoms with Gasteiger partial charge in [-0.3, -0.25) is 4.98 Å². The van der Waals surface area contributed by atoms with Gasteiger partial charge >= 0.3 is 6.18 Å². The lowest BCUT2D eigenvalue weighted by atomic mass is 9.98. The van der Waals surface area contributed by atoms with Gasteiger partial charge in [-0.05, 0) is 54.4 Å². The van der Waals surface area contributed by atoms with Crippen LogP contribution in [-0.2, 0) is 6.18 Å². The quantitative estimate of drug-likeness (QED) is 0.296. The highest BCUT2D eigenvalue weighted by Gasteiger charge is 2.38. The molecule has 0 aliphatic carbocycles. The Morgan fingerprint density at radius 3 is 2.66 bits per heavy atom. The van der Waals surface area contributed by atoms with Gasteiger partial charge in [0.05, 0.1) is 24.9 Å². The molecule has 1 unspecified atom stereocenters. The van der Waals surface area contributed by atoms with E-state index in [9.17, 15) is 13.2 Å². The molecule has 0 amide bonds. The number of aromatic nitrogens is 3. The van der Waals surface area contributed by atoms with Crippen molar-refractivity contribution in [1.29, 1.82) is 0 Å². The highest BCUT2D eigenvalue weighted by atomic mass is 35.5. The number of alkyl halides is 3. The Kier molecular flexibility index (Phi) is 6.75. The van der Waals surface area contributed by atoms with Crippen LogP contribution in [0.25, 0.3) is 11.1 Å². The Balaban J connectivity index is 1.43. The molecular weight excluding hydrogens is 519 g/mol. The molecule has 4 aromatic rings. The van der Waals surface area contributed by atoms with Crippen LogP contribution in [0.3, 0.4) is 0 Å². The van der Waals surface area contributed by atoms with Gasteiger partial charge in [0.15, 0.2) is 11.6 Å². The number of nitrogens with one attached hydrogen (secondary N) is 1. The summed E-state index contributed by atoms with van der Waals surface area (Å²) in [6.07, 6.45) is -1.33. The lowest BCUT2D eigenvalue weighted by Gasteiger charge is -2.36. The molecule has 1 aliphatic heterocycles. The fourth-order valence-corrected chi connectivity index (χ4v) is 4.59. The summed E-state index contributed by atoms with van der Waals surface area (Å²) >= 11 is 5.86. The monoisotopic (exact) mass is 541 g/mol. The number of pyridine rings is 1. The van der Waals surface area contributed by atoms with E-state index in [1.165, 1.54) is 18.3 Å². The van der Waals surface area contributed by atoms with Crippen LogP contribution in [0.4, 0.5) is 30.6 Å². The van der Waals surface area contributed by atoms with Crippen LogP contribution in [0.2, 0.25) is 5.02 Å². The zero-order valence-electron chi connectivity index (χ0n) is 20.7. The lowest BCUT2D eigenvalue weighted by molar-refractivity contribution is -0.138. The second-order valence-corrected chi connectivity index (χ2v) is 9.21. The normalized spacial score (nSPS) is 15.0. The van der Waals surface area contributed by atoms with Crippen molar-refractivity contribution in [3.8, 4) is 22.6 Å². The highest BCUT2D eigenvalue weighted by molar-refractivity contribution is 6.30. The molecule has 2 aromatic carbocycles. The Labute approximate surface area is 222 Å². The number of hydrogen-bond donors (Lipinski definition) is 1. The molecule has 38 heavy (non-hydrogen) atoms. The van der Waals surface area contributed by atoms with Gasteiger partial charge in [0, 0.05) is 41.3 Å². The second kappa shape index (κ2) is 10.0. The zero-order chi connectivity index (χ0) is 27.0. The molecule has 1 N–H and O–H groups in total. The van der Waals surface area contributed by atoms with Crippen LogP contribution in [0.1, 0.15) is 22.9 Å². The maximum atomic E-state index is 13.8. The van der Waals surface area contributed by atoms with E-state index in [0.717, 1.165) is 22.9 Å². The van der Waals surface area contributed by atoms with Crippen molar-refractivity contribution >= 4 is 29.1 Å². The zero-order valence-corrected chi connectivity index (χ0v) is 21.4.